The van der Waals surface area contributed by atoms with Gasteiger partial charge >= 0.3 is 0 Å². The largest absolute Gasteiger partial charge is 0.395 e. The van der Waals surface area contributed by atoms with Gasteiger partial charge in [-0.1, -0.05) is 49.7 Å². The zero-order valence-electron chi connectivity index (χ0n) is 16.3. The molecule has 2 rings (SSSR count). The number of unbranched alkanes of at least 4 members (excludes halogenated alkanes) is 1. The fourth-order valence-electron chi connectivity index (χ4n) is 2.92. The van der Waals surface area contributed by atoms with E-state index < -0.39 is 10.1 Å². The number of benzene rings is 2. The quantitative estimate of drug-likeness (QED) is 0.438. The molecule has 0 saturated carbocycles. The molecule has 0 fully saturated rings. The first-order chi connectivity index (χ1) is 13.4. The van der Waals surface area contributed by atoms with Crippen LogP contribution in [0, 0.1) is 0 Å². The van der Waals surface area contributed by atoms with Gasteiger partial charge in [-0.25, -0.2) is 0 Å². The highest BCUT2D eigenvalue weighted by atomic mass is 32.2. The molecule has 0 unspecified atom stereocenters. The van der Waals surface area contributed by atoms with E-state index in [0.717, 1.165) is 18.2 Å². The van der Waals surface area contributed by atoms with Gasteiger partial charge in [0, 0.05) is 25.0 Å². The lowest BCUT2D eigenvalue weighted by molar-refractivity contribution is 0.136. The molecular formula is C20H31NO6S. The first-order valence-corrected chi connectivity index (χ1v) is 10.9. The maximum absolute atomic E-state index is 11.6. The Hall–Kier alpha value is -1.55. The molecule has 0 spiro atoms. The number of rotatable bonds is 10. The fraction of sp³-hybridized carbons (Fsp3) is 0.500. The Kier molecular flexibility index (Phi) is 11.2. The zero-order valence-corrected chi connectivity index (χ0v) is 17.1. The van der Waals surface area contributed by atoms with E-state index in [0.29, 0.717) is 37.0 Å². The van der Waals surface area contributed by atoms with Crippen LogP contribution in [-0.2, 0) is 16.5 Å². The second-order valence-corrected chi connectivity index (χ2v) is 7.72. The number of aliphatic hydroxyl groups excluding tert-OH is 3. The summed E-state index contributed by atoms with van der Waals surface area (Å²) >= 11 is 0. The van der Waals surface area contributed by atoms with Crippen LogP contribution < -0.4 is 0 Å². The molecule has 28 heavy (non-hydrogen) atoms. The van der Waals surface area contributed by atoms with Crippen LogP contribution in [0.2, 0.25) is 0 Å². The van der Waals surface area contributed by atoms with Crippen LogP contribution in [0.4, 0.5) is 0 Å². The maximum Gasteiger partial charge on any atom is 0.295 e. The number of aryl methyl sites for hydroxylation is 1. The van der Waals surface area contributed by atoms with Crippen molar-refractivity contribution >= 4 is 20.9 Å². The number of fused-ring (bicyclic) bond motifs is 1. The van der Waals surface area contributed by atoms with Crippen LogP contribution >= 0.6 is 0 Å². The Bertz CT molecular complexity index is 795. The molecule has 0 aliphatic heterocycles. The van der Waals surface area contributed by atoms with E-state index >= 15 is 0 Å². The second kappa shape index (κ2) is 12.8. The van der Waals surface area contributed by atoms with Crippen LogP contribution in [-0.4, -0.2) is 72.6 Å². The van der Waals surface area contributed by atoms with E-state index in [1.807, 2.05) is 25.1 Å². The molecule has 0 aliphatic rings. The van der Waals surface area contributed by atoms with Crippen molar-refractivity contribution in [3.8, 4) is 0 Å². The van der Waals surface area contributed by atoms with Gasteiger partial charge in [0.05, 0.1) is 19.8 Å². The summed E-state index contributed by atoms with van der Waals surface area (Å²) in [6.45, 7) is 3.80. The van der Waals surface area contributed by atoms with E-state index in [2.05, 4.69) is 0 Å². The Labute approximate surface area is 167 Å². The number of hydrogen-bond donors (Lipinski definition) is 4. The zero-order chi connectivity index (χ0) is 21.0. The molecular weight excluding hydrogens is 382 g/mol. The molecule has 0 heterocycles. The molecule has 0 amide bonds. The van der Waals surface area contributed by atoms with Crippen molar-refractivity contribution < 1.29 is 28.3 Å². The van der Waals surface area contributed by atoms with Crippen LogP contribution in [0.15, 0.2) is 41.3 Å². The molecule has 0 aliphatic carbocycles. The predicted molar refractivity (Wildman–Crippen MR) is 110 cm³/mol. The lowest BCUT2D eigenvalue weighted by Crippen LogP contribution is -2.32. The van der Waals surface area contributed by atoms with Crippen molar-refractivity contribution in [3.63, 3.8) is 0 Å². The third-order valence-corrected chi connectivity index (χ3v) is 5.27. The number of hydrogen-bond acceptors (Lipinski definition) is 6. The normalized spacial score (nSPS) is 11.5. The highest BCUT2D eigenvalue weighted by Gasteiger charge is 2.18. The molecule has 0 atom stereocenters. The first kappa shape index (κ1) is 24.5. The van der Waals surface area contributed by atoms with Crippen molar-refractivity contribution in [1.29, 1.82) is 0 Å². The van der Waals surface area contributed by atoms with E-state index in [-0.39, 0.29) is 24.7 Å². The third-order valence-electron chi connectivity index (χ3n) is 4.27. The lowest BCUT2D eigenvalue weighted by atomic mass is 10.0. The molecule has 158 valence electrons. The minimum atomic E-state index is -4.19. The molecule has 0 bridgehead atoms. The van der Waals surface area contributed by atoms with E-state index in [4.69, 9.17) is 15.3 Å². The van der Waals surface area contributed by atoms with Crippen molar-refractivity contribution in [2.75, 3.05) is 39.5 Å². The first-order valence-electron chi connectivity index (χ1n) is 9.42. The number of nitrogens with zero attached hydrogens (tertiary/aromatic N) is 1. The minimum Gasteiger partial charge on any atom is -0.395 e. The molecule has 2 aromatic rings. The van der Waals surface area contributed by atoms with Crippen LogP contribution in [0.5, 0.6) is 0 Å². The Balaban J connectivity index is 0.000000336. The van der Waals surface area contributed by atoms with E-state index in [1.165, 1.54) is 0 Å². The summed E-state index contributed by atoms with van der Waals surface area (Å²) in [6.07, 6.45) is 2.55. The smallest absolute Gasteiger partial charge is 0.295 e. The van der Waals surface area contributed by atoms with Gasteiger partial charge in [-0.15, -0.1) is 0 Å². The topological polar surface area (TPSA) is 118 Å². The highest BCUT2D eigenvalue weighted by molar-refractivity contribution is 7.86. The maximum atomic E-state index is 11.6. The molecule has 8 heteroatoms. The third kappa shape index (κ3) is 7.83. The SMILES string of the molecule is CCCCc1ccc2ccccc2c1S(=O)(=O)O.OCCN(CCO)CCO. The van der Waals surface area contributed by atoms with Crippen molar-refractivity contribution in [3.05, 3.63) is 42.0 Å². The standard InChI is InChI=1S/C14H16O3S.C6H15NO3/c1-2-3-6-12-10-9-11-7-4-5-8-13(11)14(12)18(15,16)17;8-4-1-7(2-5-9)3-6-10/h4-5,7-10H,2-3,6H2,1H3,(H,15,16,17);8-10H,1-6H2. The molecule has 0 aromatic heterocycles. The van der Waals surface area contributed by atoms with Crippen molar-refractivity contribution in [2.45, 2.75) is 31.1 Å². The van der Waals surface area contributed by atoms with Gasteiger partial charge < -0.3 is 15.3 Å². The average molecular weight is 414 g/mol. The molecule has 0 radical (unpaired) electrons. The summed E-state index contributed by atoms with van der Waals surface area (Å²) in [5.41, 5.74) is 0.693. The Morgan fingerprint density at radius 2 is 1.46 bits per heavy atom. The van der Waals surface area contributed by atoms with Crippen LogP contribution in [0.3, 0.4) is 0 Å². The van der Waals surface area contributed by atoms with Gasteiger partial charge in [0.25, 0.3) is 10.1 Å². The molecule has 2 aromatic carbocycles. The van der Waals surface area contributed by atoms with Gasteiger partial charge in [-0.05, 0) is 23.8 Å². The summed E-state index contributed by atoms with van der Waals surface area (Å²) in [6, 6.07) is 10.9. The summed E-state index contributed by atoms with van der Waals surface area (Å²) in [5.74, 6) is 0. The number of aliphatic hydroxyl groups is 3. The molecule has 4 N–H and O–H groups in total. The second-order valence-electron chi connectivity index (χ2n) is 6.37. The van der Waals surface area contributed by atoms with Gasteiger partial charge in [0.1, 0.15) is 4.90 Å². The Morgan fingerprint density at radius 3 is 1.96 bits per heavy atom. The van der Waals surface area contributed by atoms with Gasteiger partial charge in [-0.2, -0.15) is 8.42 Å². The molecule has 7 nitrogen and oxygen atoms in total. The van der Waals surface area contributed by atoms with E-state index in [1.54, 1.807) is 23.1 Å². The lowest BCUT2D eigenvalue weighted by Gasteiger charge is -2.17. The predicted octanol–water partition coefficient (Wildman–Crippen LogP) is 1.69. The van der Waals surface area contributed by atoms with Crippen LogP contribution in [0.25, 0.3) is 10.8 Å². The molecule has 0 saturated heterocycles. The van der Waals surface area contributed by atoms with Gasteiger partial charge in [0.2, 0.25) is 0 Å². The summed E-state index contributed by atoms with van der Waals surface area (Å²) in [5, 5.41) is 26.9. The summed E-state index contributed by atoms with van der Waals surface area (Å²) in [7, 11) is -4.19. The van der Waals surface area contributed by atoms with Gasteiger partial charge in [-0.3, -0.25) is 9.45 Å². The van der Waals surface area contributed by atoms with Gasteiger partial charge in [0.15, 0.2) is 0 Å². The minimum absolute atomic E-state index is 0.0639. The highest BCUT2D eigenvalue weighted by Crippen LogP contribution is 2.27. The Morgan fingerprint density at radius 1 is 0.893 bits per heavy atom. The summed E-state index contributed by atoms with van der Waals surface area (Å²) in [4.78, 5) is 1.86. The van der Waals surface area contributed by atoms with Crippen molar-refractivity contribution in [1.82, 2.24) is 4.90 Å². The van der Waals surface area contributed by atoms with Crippen molar-refractivity contribution in [2.24, 2.45) is 0 Å². The van der Waals surface area contributed by atoms with Crippen LogP contribution in [0.1, 0.15) is 25.3 Å². The summed E-state index contributed by atoms with van der Waals surface area (Å²) < 4.78 is 32.6. The average Bonchev–Trinajstić information content (AvgIpc) is 2.66. The monoisotopic (exact) mass is 413 g/mol. The van der Waals surface area contributed by atoms with E-state index in [9.17, 15) is 13.0 Å². The fourth-order valence-corrected chi connectivity index (χ4v) is 3.88.